The first-order valence-electron chi connectivity index (χ1n) is 5.23. The highest BCUT2D eigenvalue weighted by atomic mass is 35.5. The molecule has 0 heterocycles. The highest BCUT2D eigenvalue weighted by molar-refractivity contribution is 7.91. The van der Waals surface area contributed by atoms with Crippen molar-refractivity contribution in [3.8, 4) is 0 Å². The van der Waals surface area contributed by atoms with E-state index in [9.17, 15) is 16.8 Å². The Hall–Kier alpha value is -0.830. The molecular weight excluding hydrogens is 312 g/mol. The van der Waals surface area contributed by atoms with Gasteiger partial charge in [0.15, 0.2) is 0 Å². The number of rotatable bonds is 5. The Labute approximate surface area is 118 Å². The van der Waals surface area contributed by atoms with E-state index in [0.29, 0.717) is 5.02 Å². The van der Waals surface area contributed by atoms with Gasteiger partial charge >= 0.3 is 0 Å². The van der Waals surface area contributed by atoms with E-state index in [1.54, 1.807) is 0 Å². The SMILES string of the molecule is CN(CCS(C)(=O)=O)S(=O)(=O)c1ccc(Cl)cc1N. The van der Waals surface area contributed by atoms with Gasteiger partial charge in [-0.05, 0) is 18.2 Å². The van der Waals surface area contributed by atoms with Crippen LogP contribution in [0.25, 0.3) is 0 Å². The number of nitrogen functional groups attached to an aromatic ring is 1. The number of sulfonamides is 1. The highest BCUT2D eigenvalue weighted by Crippen LogP contribution is 2.24. The van der Waals surface area contributed by atoms with Crippen molar-refractivity contribution in [3.63, 3.8) is 0 Å². The summed E-state index contributed by atoms with van der Waals surface area (Å²) in [5, 5.41) is 0.329. The van der Waals surface area contributed by atoms with Crippen molar-refractivity contribution in [2.24, 2.45) is 0 Å². The summed E-state index contributed by atoms with van der Waals surface area (Å²) in [4.78, 5) is -0.0899. The van der Waals surface area contributed by atoms with Crippen LogP contribution in [0.3, 0.4) is 0 Å². The van der Waals surface area contributed by atoms with Crippen LogP contribution in [0.2, 0.25) is 5.02 Å². The van der Waals surface area contributed by atoms with Crippen molar-refractivity contribution >= 4 is 37.1 Å². The van der Waals surface area contributed by atoms with Gasteiger partial charge < -0.3 is 5.73 Å². The zero-order valence-corrected chi connectivity index (χ0v) is 12.9. The molecule has 0 saturated heterocycles. The second kappa shape index (κ2) is 5.66. The zero-order chi connectivity index (χ0) is 14.8. The van der Waals surface area contributed by atoms with Crippen molar-refractivity contribution in [2.45, 2.75) is 4.90 Å². The fourth-order valence-corrected chi connectivity index (χ4v) is 3.50. The van der Waals surface area contributed by atoms with E-state index < -0.39 is 19.9 Å². The summed E-state index contributed by atoms with van der Waals surface area (Å²) in [6.07, 6.45) is 1.05. The zero-order valence-electron chi connectivity index (χ0n) is 10.5. The Bertz CT molecular complexity index is 671. The van der Waals surface area contributed by atoms with E-state index in [2.05, 4.69) is 0 Å². The van der Waals surface area contributed by atoms with E-state index in [1.807, 2.05) is 0 Å². The van der Waals surface area contributed by atoms with Gasteiger partial charge in [0, 0.05) is 24.9 Å². The number of sulfone groups is 1. The Morgan fingerprint density at radius 3 is 2.32 bits per heavy atom. The molecule has 1 rings (SSSR count). The van der Waals surface area contributed by atoms with Gasteiger partial charge in [-0.3, -0.25) is 0 Å². The number of halogens is 1. The predicted octanol–water partition coefficient (Wildman–Crippen LogP) is 0.587. The lowest BCUT2D eigenvalue weighted by Gasteiger charge is -2.17. The second-order valence-electron chi connectivity index (χ2n) is 4.14. The second-order valence-corrected chi connectivity index (χ2v) is 8.85. The number of nitrogens with two attached hydrogens (primary N) is 1. The van der Waals surface area contributed by atoms with Crippen LogP contribution in [0.5, 0.6) is 0 Å². The molecule has 0 unspecified atom stereocenters. The number of benzene rings is 1. The quantitative estimate of drug-likeness (QED) is 0.798. The number of hydrogen-bond donors (Lipinski definition) is 1. The van der Waals surface area contributed by atoms with E-state index >= 15 is 0 Å². The minimum absolute atomic E-state index is 0.0266. The van der Waals surface area contributed by atoms with Gasteiger partial charge in [0.1, 0.15) is 14.7 Å². The first-order chi connectivity index (χ1) is 8.54. The molecule has 0 amide bonds. The molecule has 9 heteroatoms. The third-order valence-corrected chi connectivity index (χ3v) is 5.53. The van der Waals surface area contributed by atoms with E-state index in [0.717, 1.165) is 10.6 Å². The van der Waals surface area contributed by atoms with E-state index in [-0.39, 0.29) is 22.9 Å². The molecule has 0 atom stereocenters. The summed E-state index contributed by atoms with van der Waals surface area (Å²) in [6, 6.07) is 4.04. The maximum absolute atomic E-state index is 12.2. The fraction of sp³-hybridized carbons (Fsp3) is 0.400. The molecule has 0 bridgehead atoms. The van der Waals surface area contributed by atoms with Crippen LogP contribution in [-0.2, 0) is 19.9 Å². The van der Waals surface area contributed by atoms with Gasteiger partial charge in [-0.2, -0.15) is 4.31 Å². The maximum Gasteiger partial charge on any atom is 0.244 e. The maximum atomic E-state index is 12.2. The first-order valence-corrected chi connectivity index (χ1v) is 9.11. The molecule has 0 radical (unpaired) electrons. The van der Waals surface area contributed by atoms with Crippen molar-refractivity contribution in [2.75, 3.05) is 31.3 Å². The average molecular weight is 327 g/mol. The van der Waals surface area contributed by atoms with Crippen molar-refractivity contribution in [3.05, 3.63) is 23.2 Å². The van der Waals surface area contributed by atoms with Crippen LogP contribution in [0.4, 0.5) is 5.69 Å². The Morgan fingerprint density at radius 1 is 1.26 bits per heavy atom. The molecule has 0 spiro atoms. The molecule has 19 heavy (non-hydrogen) atoms. The molecule has 0 aliphatic rings. The largest absolute Gasteiger partial charge is 0.398 e. The van der Waals surface area contributed by atoms with Gasteiger partial charge in [0.05, 0.1) is 11.4 Å². The summed E-state index contributed by atoms with van der Waals surface area (Å²) in [5.74, 6) is -0.254. The van der Waals surface area contributed by atoms with Crippen molar-refractivity contribution in [1.82, 2.24) is 4.31 Å². The monoisotopic (exact) mass is 326 g/mol. The van der Waals surface area contributed by atoms with Gasteiger partial charge in [-0.15, -0.1) is 0 Å². The third-order valence-electron chi connectivity index (χ3n) is 2.44. The van der Waals surface area contributed by atoms with Gasteiger partial charge in [0.25, 0.3) is 0 Å². The van der Waals surface area contributed by atoms with Gasteiger partial charge in [-0.1, -0.05) is 11.6 Å². The molecule has 1 aromatic carbocycles. The molecular formula is C10H15ClN2O4S2. The minimum atomic E-state index is -3.82. The first kappa shape index (κ1) is 16.2. The standard InChI is InChI=1S/C10H15ClN2O4S2/c1-13(5-6-18(2,14)15)19(16,17)10-4-3-8(11)7-9(10)12/h3-4,7H,5-6,12H2,1-2H3. The van der Waals surface area contributed by atoms with E-state index in [4.69, 9.17) is 17.3 Å². The highest BCUT2D eigenvalue weighted by Gasteiger charge is 2.24. The number of anilines is 1. The average Bonchev–Trinajstić information content (AvgIpc) is 2.24. The lowest BCUT2D eigenvalue weighted by molar-refractivity contribution is 0.485. The fourth-order valence-electron chi connectivity index (χ4n) is 1.34. The molecule has 0 aliphatic heterocycles. The lowest BCUT2D eigenvalue weighted by atomic mass is 10.3. The molecule has 0 aliphatic carbocycles. The molecule has 2 N–H and O–H groups in total. The minimum Gasteiger partial charge on any atom is -0.398 e. The summed E-state index contributed by atoms with van der Waals surface area (Å²) < 4.78 is 47.4. The van der Waals surface area contributed by atoms with Gasteiger partial charge in [0.2, 0.25) is 10.0 Å². The molecule has 0 fully saturated rings. The smallest absolute Gasteiger partial charge is 0.244 e. The summed E-state index contributed by atoms with van der Waals surface area (Å²) in [6.45, 7) is -0.136. The van der Waals surface area contributed by atoms with Crippen LogP contribution in [0.15, 0.2) is 23.1 Å². The lowest BCUT2D eigenvalue weighted by Crippen LogP contribution is -2.32. The van der Waals surface area contributed by atoms with Crippen molar-refractivity contribution in [1.29, 1.82) is 0 Å². The predicted molar refractivity (Wildman–Crippen MR) is 75.4 cm³/mol. The van der Waals surface area contributed by atoms with Gasteiger partial charge in [-0.25, -0.2) is 16.8 Å². The van der Waals surface area contributed by atoms with Crippen LogP contribution < -0.4 is 5.73 Å². The van der Waals surface area contributed by atoms with E-state index in [1.165, 1.54) is 25.2 Å². The number of hydrogen-bond acceptors (Lipinski definition) is 5. The molecule has 6 nitrogen and oxygen atoms in total. The summed E-state index contributed by atoms with van der Waals surface area (Å²) in [7, 11) is -5.76. The number of nitrogens with zero attached hydrogens (tertiary/aromatic N) is 1. The molecule has 1 aromatic rings. The summed E-state index contributed by atoms with van der Waals surface area (Å²) >= 11 is 5.70. The van der Waals surface area contributed by atoms with Crippen LogP contribution >= 0.6 is 11.6 Å². The molecule has 0 saturated carbocycles. The Balaban J connectivity index is 3.03. The molecule has 0 aromatic heterocycles. The van der Waals surface area contributed by atoms with Crippen LogP contribution in [0.1, 0.15) is 0 Å². The Morgan fingerprint density at radius 2 is 1.84 bits per heavy atom. The topological polar surface area (TPSA) is 97.5 Å². The summed E-state index contributed by atoms with van der Waals surface area (Å²) in [5.41, 5.74) is 5.65. The van der Waals surface area contributed by atoms with Crippen LogP contribution in [0, 0.1) is 0 Å². The van der Waals surface area contributed by atoms with Crippen molar-refractivity contribution < 1.29 is 16.8 Å². The third kappa shape index (κ3) is 4.34. The normalized spacial score (nSPS) is 12.8. The van der Waals surface area contributed by atoms with Crippen LogP contribution in [-0.4, -0.2) is 46.7 Å². The Kier molecular flexibility index (Phi) is 4.83. The molecule has 108 valence electrons.